The van der Waals surface area contributed by atoms with Crippen LogP contribution in [-0.4, -0.2) is 41.7 Å². The Kier molecular flexibility index (Phi) is 6.95. The molecule has 1 aliphatic heterocycles. The Hall–Kier alpha value is -2.76. The molecule has 0 spiro atoms. The zero-order valence-corrected chi connectivity index (χ0v) is 18.7. The van der Waals surface area contributed by atoms with Crippen LogP contribution in [0.3, 0.4) is 0 Å². The molecule has 2 aromatic carbocycles. The van der Waals surface area contributed by atoms with Crippen molar-refractivity contribution in [3.05, 3.63) is 76.5 Å². The zero-order chi connectivity index (χ0) is 21.6. The molecule has 4 rings (SSSR count). The van der Waals surface area contributed by atoms with Crippen LogP contribution in [0.15, 0.2) is 48.5 Å². The van der Waals surface area contributed by atoms with Gasteiger partial charge in [-0.15, -0.1) is 0 Å². The Labute approximate surface area is 185 Å². The predicted octanol–water partition coefficient (Wildman–Crippen LogP) is 4.73. The molecule has 0 N–H and O–H groups in total. The summed E-state index contributed by atoms with van der Waals surface area (Å²) >= 11 is 0. The number of ether oxygens (including phenoxy) is 2. The molecule has 1 aliphatic rings. The average Bonchev–Trinajstić information content (AvgIpc) is 2.77. The lowest BCUT2D eigenvalue weighted by Crippen LogP contribution is -2.31. The second-order valence-electron chi connectivity index (χ2n) is 8.19. The summed E-state index contributed by atoms with van der Waals surface area (Å²) in [6, 6.07) is 16.9. The standard InChI is InChI=1S/C26H31N3O2/c1-19-9-7-10-20(2)24(19)25-27-23-13-14-29(17-21-11-5-4-6-12-21)18-22(23)26(28-25)31-16-8-15-30-3/h4-7,9-12H,8,13-18H2,1-3H3. The monoisotopic (exact) mass is 417 g/mol. The van der Waals surface area contributed by atoms with E-state index in [9.17, 15) is 0 Å². The molecule has 1 aromatic heterocycles. The predicted molar refractivity (Wildman–Crippen MR) is 123 cm³/mol. The van der Waals surface area contributed by atoms with Gasteiger partial charge >= 0.3 is 0 Å². The van der Waals surface area contributed by atoms with Gasteiger partial charge in [0.25, 0.3) is 0 Å². The first-order valence-corrected chi connectivity index (χ1v) is 11.0. The summed E-state index contributed by atoms with van der Waals surface area (Å²) in [6.45, 7) is 8.20. The highest BCUT2D eigenvalue weighted by atomic mass is 16.5. The van der Waals surface area contributed by atoms with E-state index in [-0.39, 0.29) is 0 Å². The van der Waals surface area contributed by atoms with Crippen LogP contribution in [-0.2, 0) is 24.2 Å². The van der Waals surface area contributed by atoms with Crippen molar-refractivity contribution in [1.29, 1.82) is 0 Å². The highest BCUT2D eigenvalue weighted by Crippen LogP contribution is 2.32. The Morgan fingerprint density at radius 1 is 0.935 bits per heavy atom. The van der Waals surface area contributed by atoms with Crippen molar-refractivity contribution in [1.82, 2.24) is 14.9 Å². The van der Waals surface area contributed by atoms with Crippen molar-refractivity contribution in [2.75, 3.05) is 26.9 Å². The number of hydrogen-bond acceptors (Lipinski definition) is 5. The van der Waals surface area contributed by atoms with E-state index >= 15 is 0 Å². The molecule has 0 amide bonds. The summed E-state index contributed by atoms with van der Waals surface area (Å²) in [5.41, 5.74) is 7.03. The van der Waals surface area contributed by atoms with Crippen LogP contribution in [0.4, 0.5) is 0 Å². The first kappa shape index (κ1) is 21.5. The van der Waals surface area contributed by atoms with Gasteiger partial charge in [-0.2, -0.15) is 4.98 Å². The fourth-order valence-electron chi connectivity index (χ4n) is 4.19. The third-order valence-corrected chi connectivity index (χ3v) is 5.79. The van der Waals surface area contributed by atoms with Crippen molar-refractivity contribution >= 4 is 0 Å². The van der Waals surface area contributed by atoms with Crippen molar-refractivity contribution in [2.45, 2.75) is 39.8 Å². The molecular formula is C26H31N3O2. The number of aromatic nitrogens is 2. The molecule has 5 heteroatoms. The maximum absolute atomic E-state index is 6.19. The zero-order valence-electron chi connectivity index (χ0n) is 18.7. The quantitative estimate of drug-likeness (QED) is 0.496. The fourth-order valence-corrected chi connectivity index (χ4v) is 4.19. The third-order valence-electron chi connectivity index (χ3n) is 5.79. The van der Waals surface area contributed by atoms with Gasteiger partial charge in [0.1, 0.15) is 0 Å². The van der Waals surface area contributed by atoms with Crippen LogP contribution in [0.5, 0.6) is 5.88 Å². The number of fused-ring (bicyclic) bond motifs is 1. The van der Waals surface area contributed by atoms with E-state index < -0.39 is 0 Å². The molecule has 0 radical (unpaired) electrons. The van der Waals surface area contributed by atoms with E-state index in [1.54, 1.807) is 7.11 Å². The van der Waals surface area contributed by atoms with Crippen molar-refractivity contribution < 1.29 is 9.47 Å². The molecule has 0 unspecified atom stereocenters. The van der Waals surface area contributed by atoms with Crippen LogP contribution in [0.2, 0.25) is 0 Å². The van der Waals surface area contributed by atoms with Crippen LogP contribution < -0.4 is 4.74 Å². The van der Waals surface area contributed by atoms with Crippen molar-refractivity contribution in [3.8, 4) is 17.3 Å². The second-order valence-corrected chi connectivity index (χ2v) is 8.19. The van der Waals surface area contributed by atoms with Gasteiger partial charge in [-0.1, -0.05) is 48.5 Å². The molecule has 0 saturated carbocycles. The van der Waals surface area contributed by atoms with Crippen LogP contribution in [0, 0.1) is 13.8 Å². The maximum atomic E-state index is 6.19. The van der Waals surface area contributed by atoms with E-state index in [1.165, 1.54) is 16.7 Å². The number of hydrogen-bond donors (Lipinski definition) is 0. The topological polar surface area (TPSA) is 47.5 Å². The van der Waals surface area contributed by atoms with E-state index in [2.05, 4.69) is 67.3 Å². The Bertz CT molecular complexity index is 1000. The Morgan fingerprint density at radius 2 is 1.71 bits per heavy atom. The van der Waals surface area contributed by atoms with Gasteiger partial charge < -0.3 is 9.47 Å². The summed E-state index contributed by atoms with van der Waals surface area (Å²) in [6.07, 6.45) is 1.73. The molecule has 31 heavy (non-hydrogen) atoms. The number of methoxy groups -OCH3 is 1. The van der Waals surface area contributed by atoms with Gasteiger partial charge in [-0.25, -0.2) is 4.98 Å². The minimum absolute atomic E-state index is 0.585. The van der Waals surface area contributed by atoms with Gasteiger partial charge in [0.05, 0.1) is 12.3 Å². The van der Waals surface area contributed by atoms with Gasteiger partial charge in [-0.05, 0) is 30.5 Å². The molecule has 162 valence electrons. The van der Waals surface area contributed by atoms with E-state index in [1.807, 2.05) is 0 Å². The average molecular weight is 418 g/mol. The molecule has 0 bridgehead atoms. The lowest BCUT2D eigenvalue weighted by atomic mass is 10.0. The smallest absolute Gasteiger partial charge is 0.221 e. The Balaban J connectivity index is 1.65. The van der Waals surface area contributed by atoms with Crippen molar-refractivity contribution in [3.63, 3.8) is 0 Å². The summed E-state index contributed by atoms with van der Waals surface area (Å²) in [4.78, 5) is 12.4. The third kappa shape index (κ3) is 5.12. The van der Waals surface area contributed by atoms with E-state index in [0.717, 1.165) is 61.0 Å². The minimum atomic E-state index is 0.585. The molecule has 0 fully saturated rings. The second kappa shape index (κ2) is 10.0. The van der Waals surface area contributed by atoms with Crippen LogP contribution in [0.25, 0.3) is 11.4 Å². The number of rotatable bonds is 8. The SMILES string of the molecule is COCCCOc1nc(-c2c(C)cccc2C)nc2c1CN(Cc1ccccc1)CC2. The highest BCUT2D eigenvalue weighted by molar-refractivity contribution is 5.65. The summed E-state index contributed by atoms with van der Waals surface area (Å²) in [5.74, 6) is 1.49. The first-order valence-electron chi connectivity index (χ1n) is 11.0. The van der Waals surface area contributed by atoms with Gasteiger partial charge in [0, 0.05) is 57.3 Å². The summed E-state index contributed by atoms with van der Waals surface area (Å²) < 4.78 is 11.4. The van der Waals surface area contributed by atoms with E-state index in [4.69, 9.17) is 19.4 Å². The normalized spacial score (nSPS) is 13.8. The lowest BCUT2D eigenvalue weighted by molar-refractivity contribution is 0.168. The van der Waals surface area contributed by atoms with Crippen molar-refractivity contribution in [2.24, 2.45) is 0 Å². The minimum Gasteiger partial charge on any atom is -0.477 e. The largest absolute Gasteiger partial charge is 0.477 e. The number of aryl methyl sites for hydroxylation is 2. The molecule has 0 atom stereocenters. The summed E-state index contributed by atoms with van der Waals surface area (Å²) in [7, 11) is 1.72. The molecular weight excluding hydrogens is 386 g/mol. The van der Waals surface area contributed by atoms with E-state index in [0.29, 0.717) is 13.2 Å². The molecule has 0 aliphatic carbocycles. The Morgan fingerprint density at radius 3 is 2.45 bits per heavy atom. The number of benzene rings is 2. The van der Waals surface area contributed by atoms with Gasteiger partial charge in [0.15, 0.2) is 5.82 Å². The fraction of sp³-hybridized carbons (Fsp3) is 0.385. The lowest BCUT2D eigenvalue weighted by Gasteiger charge is -2.29. The molecule has 2 heterocycles. The van der Waals surface area contributed by atoms with Crippen LogP contribution in [0.1, 0.15) is 34.4 Å². The maximum Gasteiger partial charge on any atom is 0.221 e. The van der Waals surface area contributed by atoms with Gasteiger partial charge in [0.2, 0.25) is 5.88 Å². The van der Waals surface area contributed by atoms with Gasteiger partial charge in [-0.3, -0.25) is 4.90 Å². The highest BCUT2D eigenvalue weighted by Gasteiger charge is 2.24. The van der Waals surface area contributed by atoms with Crippen LogP contribution >= 0.6 is 0 Å². The molecule has 5 nitrogen and oxygen atoms in total. The first-order chi connectivity index (χ1) is 15.2. The molecule has 3 aromatic rings. The molecule has 0 saturated heterocycles. The summed E-state index contributed by atoms with van der Waals surface area (Å²) in [5, 5.41) is 0. The number of nitrogens with zero attached hydrogens (tertiary/aromatic N) is 3.